The molecule has 1 aliphatic rings. The molecule has 27 heavy (non-hydrogen) atoms. The van der Waals surface area contributed by atoms with E-state index in [1.54, 1.807) is 0 Å². The summed E-state index contributed by atoms with van der Waals surface area (Å²) in [7, 11) is -3.54. The minimum absolute atomic E-state index is 0.164. The maximum atomic E-state index is 12.7. The second kappa shape index (κ2) is 10.4. The molecule has 0 aliphatic carbocycles. The number of hydrogen-bond donors (Lipinski definition) is 1. The molecular weight excluding hydrogens is 386 g/mol. The van der Waals surface area contributed by atoms with Crippen LogP contribution in [-0.2, 0) is 14.8 Å². The highest BCUT2D eigenvalue weighted by molar-refractivity contribution is 7.89. The average Bonchev–Trinajstić information content (AvgIpc) is 3.19. The van der Waals surface area contributed by atoms with E-state index in [4.69, 9.17) is 11.6 Å². The largest absolute Gasteiger partial charge is 0.325 e. The van der Waals surface area contributed by atoms with E-state index in [0.717, 1.165) is 38.8 Å². The molecule has 8 heteroatoms. The zero-order chi connectivity index (χ0) is 19.9. The molecule has 6 nitrogen and oxygen atoms in total. The number of rotatable bonds is 10. The second-order valence-corrected chi connectivity index (χ2v) is 9.18. The molecule has 0 atom stereocenters. The minimum Gasteiger partial charge on any atom is -0.325 e. The van der Waals surface area contributed by atoms with Crippen molar-refractivity contribution in [2.24, 2.45) is 0 Å². The first-order chi connectivity index (χ1) is 12.9. The standard InChI is InChI=1S/C19H30ClN3O3S/c1-3-5-11-22(4-2)14-10-19(24)21-18-15-16(8-9-17(18)20)27(25,26)23-12-6-7-13-23/h8-9,15H,3-7,10-14H2,1-2H3,(H,21,24). The molecule has 0 spiro atoms. The third kappa shape index (κ3) is 6.17. The fourth-order valence-corrected chi connectivity index (χ4v) is 4.83. The summed E-state index contributed by atoms with van der Waals surface area (Å²) >= 11 is 6.17. The van der Waals surface area contributed by atoms with E-state index in [9.17, 15) is 13.2 Å². The first kappa shape index (κ1) is 22.1. The number of carbonyl (C=O) groups excluding carboxylic acids is 1. The number of anilines is 1. The summed E-state index contributed by atoms with van der Waals surface area (Å²) in [5.41, 5.74) is 0.346. The average molecular weight is 416 g/mol. The first-order valence-electron chi connectivity index (χ1n) is 9.70. The summed E-state index contributed by atoms with van der Waals surface area (Å²) in [6, 6.07) is 4.48. The molecule has 0 saturated carbocycles. The number of sulfonamides is 1. The van der Waals surface area contributed by atoms with Gasteiger partial charge < -0.3 is 10.2 Å². The van der Waals surface area contributed by atoms with Gasteiger partial charge in [0.1, 0.15) is 0 Å². The van der Waals surface area contributed by atoms with Gasteiger partial charge in [0, 0.05) is 26.1 Å². The zero-order valence-corrected chi connectivity index (χ0v) is 17.8. The van der Waals surface area contributed by atoms with Crippen molar-refractivity contribution in [3.8, 4) is 0 Å². The van der Waals surface area contributed by atoms with Crippen molar-refractivity contribution in [3.63, 3.8) is 0 Å². The van der Waals surface area contributed by atoms with Crippen molar-refractivity contribution < 1.29 is 13.2 Å². The lowest BCUT2D eigenvalue weighted by Crippen LogP contribution is -2.29. The summed E-state index contributed by atoms with van der Waals surface area (Å²) in [5.74, 6) is -0.164. The minimum atomic E-state index is -3.54. The molecule has 0 aromatic heterocycles. The molecule has 0 radical (unpaired) electrons. The molecule has 1 heterocycles. The highest BCUT2D eigenvalue weighted by Crippen LogP contribution is 2.28. The van der Waals surface area contributed by atoms with Crippen LogP contribution in [0.3, 0.4) is 0 Å². The predicted octanol–water partition coefficient (Wildman–Crippen LogP) is 3.58. The maximum absolute atomic E-state index is 12.7. The van der Waals surface area contributed by atoms with E-state index in [-0.39, 0.29) is 10.8 Å². The van der Waals surface area contributed by atoms with E-state index in [1.807, 2.05) is 0 Å². The van der Waals surface area contributed by atoms with Crippen molar-refractivity contribution in [1.82, 2.24) is 9.21 Å². The summed E-state index contributed by atoms with van der Waals surface area (Å²) in [4.78, 5) is 14.7. The van der Waals surface area contributed by atoms with Crippen LogP contribution in [0, 0.1) is 0 Å². The smallest absolute Gasteiger partial charge is 0.243 e. The second-order valence-electron chi connectivity index (χ2n) is 6.84. The third-order valence-electron chi connectivity index (χ3n) is 4.84. The van der Waals surface area contributed by atoms with Crippen molar-refractivity contribution in [1.29, 1.82) is 0 Å². The Bertz CT molecular complexity index is 734. The normalized spacial score (nSPS) is 15.4. The molecule has 1 amide bonds. The quantitative estimate of drug-likeness (QED) is 0.634. The summed E-state index contributed by atoms with van der Waals surface area (Å²) < 4.78 is 26.9. The molecule has 2 rings (SSSR count). The van der Waals surface area contributed by atoms with Gasteiger partial charge in [-0.2, -0.15) is 4.31 Å². The van der Waals surface area contributed by atoms with Crippen LogP contribution in [0.1, 0.15) is 46.0 Å². The number of hydrogen-bond acceptors (Lipinski definition) is 4. The molecule has 1 fully saturated rings. The Labute approximate surface area is 167 Å². The van der Waals surface area contributed by atoms with Gasteiger partial charge in [0.2, 0.25) is 15.9 Å². The monoisotopic (exact) mass is 415 g/mol. The van der Waals surface area contributed by atoms with Crippen molar-refractivity contribution in [2.45, 2.75) is 50.8 Å². The van der Waals surface area contributed by atoms with E-state index in [1.165, 1.54) is 22.5 Å². The van der Waals surface area contributed by atoms with Crippen molar-refractivity contribution in [2.75, 3.05) is 38.0 Å². The maximum Gasteiger partial charge on any atom is 0.243 e. The zero-order valence-electron chi connectivity index (χ0n) is 16.2. The van der Waals surface area contributed by atoms with Crippen LogP contribution < -0.4 is 5.32 Å². The number of unbranched alkanes of at least 4 members (excludes halogenated alkanes) is 1. The molecule has 1 aromatic rings. The Hall–Kier alpha value is -1.15. The van der Waals surface area contributed by atoms with Gasteiger partial charge in [-0.05, 0) is 50.6 Å². The Morgan fingerprint density at radius 2 is 1.93 bits per heavy atom. The van der Waals surface area contributed by atoms with Crippen LogP contribution in [0.5, 0.6) is 0 Å². The lowest BCUT2D eigenvalue weighted by Gasteiger charge is -2.20. The van der Waals surface area contributed by atoms with Gasteiger partial charge in [0.15, 0.2) is 0 Å². The van der Waals surface area contributed by atoms with Crippen molar-refractivity contribution >= 4 is 33.2 Å². The van der Waals surface area contributed by atoms with Crippen LogP contribution in [0.2, 0.25) is 5.02 Å². The molecule has 1 saturated heterocycles. The third-order valence-corrected chi connectivity index (χ3v) is 7.07. The van der Waals surface area contributed by atoms with Crippen LogP contribution in [-0.4, -0.2) is 56.3 Å². The van der Waals surface area contributed by atoms with E-state index in [0.29, 0.717) is 36.8 Å². The number of amides is 1. The lowest BCUT2D eigenvalue weighted by atomic mass is 10.2. The molecule has 1 N–H and O–H groups in total. The SMILES string of the molecule is CCCCN(CC)CCC(=O)Nc1cc(S(=O)(=O)N2CCCC2)ccc1Cl. The molecule has 0 unspecified atom stereocenters. The fraction of sp³-hybridized carbons (Fsp3) is 0.632. The number of nitrogens with zero attached hydrogens (tertiary/aromatic N) is 2. The van der Waals surface area contributed by atoms with Crippen LogP contribution in [0.15, 0.2) is 23.1 Å². The topological polar surface area (TPSA) is 69.7 Å². The first-order valence-corrected chi connectivity index (χ1v) is 11.5. The Balaban J connectivity index is 2.02. The number of carbonyl (C=O) groups is 1. The van der Waals surface area contributed by atoms with Gasteiger partial charge in [-0.3, -0.25) is 4.79 Å². The summed E-state index contributed by atoms with van der Waals surface area (Å²) in [6.45, 7) is 7.85. The molecule has 1 aromatic carbocycles. The molecule has 1 aliphatic heterocycles. The molecule has 152 valence electrons. The van der Waals surface area contributed by atoms with E-state index in [2.05, 4.69) is 24.1 Å². The van der Waals surface area contributed by atoms with Gasteiger partial charge >= 0.3 is 0 Å². The van der Waals surface area contributed by atoms with Gasteiger partial charge in [-0.1, -0.05) is 31.9 Å². The Morgan fingerprint density at radius 3 is 2.56 bits per heavy atom. The van der Waals surface area contributed by atoms with Crippen LogP contribution in [0.4, 0.5) is 5.69 Å². The predicted molar refractivity (Wildman–Crippen MR) is 110 cm³/mol. The van der Waals surface area contributed by atoms with Crippen molar-refractivity contribution in [3.05, 3.63) is 23.2 Å². The summed E-state index contributed by atoms with van der Waals surface area (Å²) in [6.07, 6.45) is 4.33. The number of benzene rings is 1. The highest BCUT2D eigenvalue weighted by atomic mass is 35.5. The van der Waals surface area contributed by atoms with Gasteiger partial charge in [0.05, 0.1) is 15.6 Å². The van der Waals surface area contributed by atoms with Gasteiger partial charge in [0.25, 0.3) is 0 Å². The lowest BCUT2D eigenvalue weighted by molar-refractivity contribution is -0.116. The highest BCUT2D eigenvalue weighted by Gasteiger charge is 2.27. The van der Waals surface area contributed by atoms with E-state index < -0.39 is 10.0 Å². The van der Waals surface area contributed by atoms with Gasteiger partial charge in [-0.25, -0.2) is 8.42 Å². The number of halogens is 1. The van der Waals surface area contributed by atoms with E-state index >= 15 is 0 Å². The van der Waals surface area contributed by atoms with Crippen LogP contribution in [0.25, 0.3) is 0 Å². The molecule has 0 bridgehead atoms. The Morgan fingerprint density at radius 1 is 1.22 bits per heavy atom. The fourth-order valence-electron chi connectivity index (χ4n) is 3.12. The Kier molecular flexibility index (Phi) is 8.54. The summed E-state index contributed by atoms with van der Waals surface area (Å²) in [5, 5.41) is 3.10. The van der Waals surface area contributed by atoms with Gasteiger partial charge in [-0.15, -0.1) is 0 Å². The number of nitrogens with one attached hydrogen (secondary N) is 1. The van der Waals surface area contributed by atoms with Crippen LogP contribution >= 0.6 is 11.6 Å². The molecular formula is C19H30ClN3O3S.